The van der Waals surface area contributed by atoms with Gasteiger partial charge in [0.1, 0.15) is 6.54 Å². The summed E-state index contributed by atoms with van der Waals surface area (Å²) in [4.78, 5) is 26.3. The normalized spacial score (nSPS) is 15.9. The summed E-state index contributed by atoms with van der Waals surface area (Å²) < 4.78 is 38.6. The SMILES string of the molecule is O=C(c1ccccc1)C1CCN(C(=O)Cn2ccc(C(F)(F)F)n2)CC1. The van der Waals surface area contributed by atoms with Crippen LogP contribution in [0.25, 0.3) is 0 Å². The lowest BCUT2D eigenvalue weighted by molar-refractivity contribution is -0.142. The number of alkyl halides is 3. The summed E-state index contributed by atoms with van der Waals surface area (Å²) in [6.07, 6.45) is -2.28. The number of aromatic nitrogens is 2. The van der Waals surface area contributed by atoms with Crippen LogP contribution in [-0.4, -0.2) is 39.5 Å². The lowest BCUT2D eigenvalue weighted by Crippen LogP contribution is -2.41. The van der Waals surface area contributed by atoms with E-state index in [4.69, 9.17) is 0 Å². The van der Waals surface area contributed by atoms with Crippen LogP contribution in [0.5, 0.6) is 0 Å². The number of nitrogens with zero attached hydrogens (tertiary/aromatic N) is 3. The highest BCUT2D eigenvalue weighted by Gasteiger charge is 2.34. The molecule has 1 aromatic carbocycles. The van der Waals surface area contributed by atoms with Gasteiger partial charge in [-0.1, -0.05) is 30.3 Å². The van der Waals surface area contributed by atoms with E-state index in [9.17, 15) is 22.8 Å². The molecule has 2 aromatic rings. The molecule has 1 aromatic heterocycles. The van der Waals surface area contributed by atoms with Crippen molar-refractivity contribution in [1.82, 2.24) is 14.7 Å². The molecule has 26 heavy (non-hydrogen) atoms. The third-order valence-electron chi connectivity index (χ3n) is 4.51. The molecule has 0 N–H and O–H groups in total. The van der Waals surface area contributed by atoms with Crippen LogP contribution >= 0.6 is 0 Å². The predicted molar refractivity (Wildman–Crippen MR) is 87.3 cm³/mol. The van der Waals surface area contributed by atoms with Gasteiger partial charge in [0.05, 0.1) is 0 Å². The number of hydrogen-bond acceptors (Lipinski definition) is 3. The molecular weight excluding hydrogens is 347 g/mol. The van der Waals surface area contributed by atoms with E-state index in [0.29, 0.717) is 31.5 Å². The fraction of sp³-hybridized carbons (Fsp3) is 0.389. The minimum absolute atomic E-state index is 0.0691. The molecule has 0 radical (unpaired) electrons. The first-order valence-electron chi connectivity index (χ1n) is 8.32. The minimum Gasteiger partial charge on any atom is -0.341 e. The zero-order valence-electron chi connectivity index (χ0n) is 13.9. The van der Waals surface area contributed by atoms with Crippen molar-refractivity contribution in [2.75, 3.05) is 13.1 Å². The van der Waals surface area contributed by atoms with Gasteiger partial charge in [0.15, 0.2) is 11.5 Å². The molecular formula is C18H18F3N3O2. The molecule has 1 saturated heterocycles. The highest BCUT2D eigenvalue weighted by Crippen LogP contribution is 2.27. The average Bonchev–Trinajstić information content (AvgIpc) is 3.11. The van der Waals surface area contributed by atoms with Crippen molar-refractivity contribution in [3.8, 4) is 0 Å². The molecule has 0 spiro atoms. The standard InChI is InChI=1S/C18H18F3N3O2/c19-18(20,21)15-8-11-24(22-15)12-16(25)23-9-6-14(7-10-23)17(26)13-4-2-1-3-5-13/h1-5,8,11,14H,6-7,9-10,12H2. The van der Waals surface area contributed by atoms with E-state index in [-0.39, 0.29) is 24.2 Å². The van der Waals surface area contributed by atoms with Gasteiger partial charge in [-0.15, -0.1) is 0 Å². The number of halogens is 3. The van der Waals surface area contributed by atoms with Gasteiger partial charge in [-0.25, -0.2) is 0 Å². The Kier molecular flexibility index (Phi) is 5.11. The van der Waals surface area contributed by atoms with Crippen molar-refractivity contribution >= 4 is 11.7 Å². The van der Waals surface area contributed by atoms with Crippen LogP contribution < -0.4 is 0 Å². The number of carbonyl (C=O) groups excluding carboxylic acids is 2. The largest absolute Gasteiger partial charge is 0.435 e. The van der Waals surface area contributed by atoms with E-state index in [1.165, 1.54) is 0 Å². The summed E-state index contributed by atoms with van der Waals surface area (Å²) >= 11 is 0. The Morgan fingerprint density at radius 1 is 1.08 bits per heavy atom. The Hall–Kier alpha value is -2.64. The molecule has 1 fully saturated rings. The van der Waals surface area contributed by atoms with E-state index in [1.807, 2.05) is 18.2 Å². The van der Waals surface area contributed by atoms with E-state index in [2.05, 4.69) is 5.10 Å². The van der Waals surface area contributed by atoms with Crippen LogP contribution in [0.1, 0.15) is 28.9 Å². The molecule has 138 valence electrons. The van der Waals surface area contributed by atoms with Gasteiger partial charge < -0.3 is 4.90 Å². The number of piperidine rings is 1. The minimum atomic E-state index is -4.52. The van der Waals surface area contributed by atoms with Crippen molar-refractivity contribution < 1.29 is 22.8 Å². The maximum atomic E-state index is 12.5. The number of benzene rings is 1. The molecule has 8 heteroatoms. The van der Waals surface area contributed by atoms with Crippen LogP contribution in [0.3, 0.4) is 0 Å². The number of ketones is 1. The Balaban J connectivity index is 1.54. The second-order valence-electron chi connectivity index (χ2n) is 6.28. The molecule has 0 bridgehead atoms. The molecule has 2 heterocycles. The summed E-state index contributed by atoms with van der Waals surface area (Å²) in [5.41, 5.74) is -0.356. The van der Waals surface area contributed by atoms with E-state index < -0.39 is 11.9 Å². The van der Waals surface area contributed by atoms with Gasteiger partial charge in [0.2, 0.25) is 5.91 Å². The quantitative estimate of drug-likeness (QED) is 0.783. The topological polar surface area (TPSA) is 55.2 Å². The molecule has 1 aliphatic heterocycles. The third kappa shape index (κ3) is 4.12. The van der Waals surface area contributed by atoms with Gasteiger partial charge in [-0.2, -0.15) is 18.3 Å². The summed E-state index contributed by atoms with van der Waals surface area (Å²) in [6.45, 7) is 0.582. The molecule has 0 atom stereocenters. The van der Waals surface area contributed by atoms with Crippen LogP contribution in [0.15, 0.2) is 42.6 Å². The third-order valence-corrected chi connectivity index (χ3v) is 4.51. The van der Waals surface area contributed by atoms with E-state index in [0.717, 1.165) is 16.9 Å². The fourth-order valence-electron chi connectivity index (χ4n) is 3.07. The Morgan fingerprint density at radius 2 is 1.73 bits per heavy atom. The van der Waals surface area contributed by atoms with Crippen LogP contribution in [0, 0.1) is 5.92 Å². The van der Waals surface area contributed by atoms with Crippen molar-refractivity contribution in [1.29, 1.82) is 0 Å². The number of Topliss-reactive ketones (excluding diaryl/α,β-unsaturated/α-hetero) is 1. The molecule has 0 unspecified atom stereocenters. The van der Waals surface area contributed by atoms with Crippen molar-refractivity contribution in [3.63, 3.8) is 0 Å². The van der Waals surface area contributed by atoms with Crippen LogP contribution in [-0.2, 0) is 17.5 Å². The lowest BCUT2D eigenvalue weighted by Gasteiger charge is -2.31. The molecule has 0 saturated carbocycles. The van der Waals surface area contributed by atoms with Crippen LogP contribution in [0.2, 0.25) is 0 Å². The van der Waals surface area contributed by atoms with E-state index in [1.54, 1.807) is 17.0 Å². The molecule has 0 aliphatic carbocycles. The van der Waals surface area contributed by atoms with Crippen LogP contribution in [0.4, 0.5) is 13.2 Å². The first kappa shape index (κ1) is 18.2. The van der Waals surface area contributed by atoms with Gasteiger partial charge in [-0.3, -0.25) is 14.3 Å². The van der Waals surface area contributed by atoms with Crippen molar-refractivity contribution in [2.24, 2.45) is 5.92 Å². The van der Waals surface area contributed by atoms with Crippen molar-refractivity contribution in [3.05, 3.63) is 53.9 Å². The lowest BCUT2D eigenvalue weighted by atomic mass is 9.89. The first-order valence-corrected chi connectivity index (χ1v) is 8.32. The van der Waals surface area contributed by atoms with E-state index >= 15 is 0 Å². The molecule has 5 nitrogen and oxygen atoms in total. The van der Waals surface area contributed by atoms with Crippen molar-refractivity contribution in [2.45, 2.75) is 25.6 Å². The summed E-state index contributed by atoms with van der Waals surface area (Å²) in [6, 6.07) is 9.86. The first-order chi connectivity index (χ1) is 12.3. The smallest absolute Gasteiger partial charge is 0.341 e. The highest BCUT2D eigenvalue weighted by atomic mass is 19.4. The summed E-state index contributed by atoms with van der Waals surface area (Å²) in [5.74, 6) is -0.366. The van der Waals surface area contributed by atoms with Gasteiger partial charge >= 0.3 is 6.18 Å². The Bertz CT molecular complexity index is 778. The van der Waals surface area contributed by atoms with Gasteiger partial charge in [0.25, 0.3) is 0 Å². The number of hydrogen-bond donors (Lipinski definition) is 0. The predicted octanol–water partition coefficient (Wildman–Crippen LogP) is 3.02. The highest BCUT2D eigenvalue weighted by molar-refractivity contribution is 5.98. The zero-order valence-corrected chi connectivity index (χ0v) is 13.9. The summed E-state index contributed by atoms with van der Waals surface area (Å²) in [7, 11) is 0. The summed E-state index contributed by atoms with van der Waals surface area (Å²) in [5, 5.41) is 3.39. The average molecular weight is 365 g/mol. The number of carbonyl (C=O) groups is 2. The number of amides is 1. The second kappa shape index (κ2) is 7.31. The van der Waals surface area contributed by atoms with Gasteiger partial charge in [-0.05, 0) is 18.9 Å². The second-order valence-corrected chi connectivity index (χ2v) is 6.28. The monoisotopic (exact) mass is 365 g/mol. The Morgan fingerprint density at radius 3 is 2.31 bits per heavy atom. The maximum Gasteiger partial charge on any atom is 0.435 e. The zero-order chi connectivity index (χ0) is 18.7. The number of likely N-dealkylation sites (tertiary alicyclic amines) is 1. The molecule has 3 rings (SSSR count). The Labute approximate surface area is 148 Å². The number of rotatable bonds is 4. The van der Waals surface area contributed by atoms with Gasteiger partial charge in [0, 0.05) is 30.8 Å². The fourth-order valence-corrected chi connectivity index (χ4v) is 3.07. The molecule has 1 amide bonds. The maximum absolute atomic E-state index is 12.5. The molecule has 1 aliphatic rings.